The molecule has 0 fully saturated rings. The maximum atomic E-state index is 12.8. The molecule has 1 unspecified atom stereocenters. The van der Waals surface area contributed by atoms with Gasteiger partial charge in [0, 0.05) is 12.7 Å². The van der Waals surface area contributed by atoms with Crippen molar-refractivity contribution in [3.63, 3.8) is 0 Å². The van der Waals surface area contributed by atoms with Gasteiger partial charge in [-0.05, 0) is 24.6 Å². The largest absolute Gasteiger partial charge is 0.479 e. The van der Waals surface area contributed by atoms with E-state index < -0.39 is 23.6 Å². The van der Waals surface area contributed by atoms with Crippen molar-refractivity contribution in [1.29, 1.82) is 0 Å². The highest BCUT2D eigenvalue weighted by molar-refractivity contribution is 5.98. The molecule has 0 aromatic heterocycles. The molecule has 0 aliphatic heterocycles. The van der Waals surface area contributed by atoms with E-state index in [0.29, 0.717) is 12.5 Å². The number of carbonyl (C=O) groups is 2. The number of amides is 1. The molecular formula is C13H14F3NO4. The molecule has 2 N–H and O–H groups in total. The summed E-state index contributed by atoms with van der Waals surface area (Å²) in [6, 6.07) is 5.71. The number of hydrogen-bond donors (Lipinski definition) is 2. The molecule has 116 valence electrons. The van der Waals surface area contributed by atoms with Crippen LogP contribution in [0.4, 0.5) is 13.2 Å². The molecule has 0 heterocycles. The van der Waals surface area contributed by atoms with Gasteiger partial charge in [0.1, 0.15) is 0 Å². The summed E-state index contributed by atoms with van der Waals surface area (Å²) >= 11 is 0. The number of carboxylic acid groups (broad SMARTS) is 1. The van der Waals surface area contributed by atoms with Crippen molar-refractivity contribution in [2.24, 2.45) is 0 Å². The molecule has 0 saturated carbocycles. The van der Waals surface area contributed by atoms with Gasteiger partial charge in [0.15, 0.2) is 0 Å². The Morgan fingerprint density at radius 1 is 1.33 bits per heavy atom. The lowest BCUT2D eigenvalue weighted by Crippen LogP contribution is -2.61. The van der Waals surface area contributed by atoms with E-state index in [4.69, 9.17) is 9.84 Å². The average Bonchev–Trinajstić information content (AvgIpc) is 2.37. The van der Waals surface area contributed by atoms with Gasteiger partial charge >= 0.3 is 12.1 Å². The standard InChI is InChI=1S/C13H14F3NO4/c1-12(11(19)20,13(14,15)16)17-10(18)9-5-3-4-8(6-9)7-21-2/h3-6H,7H2,1-2H3,(H,17,18)(H,19,20). The highest BCUT2D eigenvalue weighted by atomic mass is 19.4. The van der Waals surface area contributed by atoms with Gasteiger partial charge in [-0.25, -0.2) is 4.79 Å². The summed E-state index contributed by atoms with van der Waals surface area (Å²) in [6.45, 7) is 0.572. The van der Waals surface area contributed by atoms with Crippen LogP contribution in [-0.4, -0.2) is 35.8 Å². The third kappa shape index (κ3) is 3.72. The quantitative estimate of drug-likeness (QED) is 0.872. The zero-order chi connectivity index (χ0) is 16.3. The van der Waals surface area contributed by atoms with Crippen LogP contribution in [0.25, 0.3) is 0 Å². The van der Waals surface area contributed by atoms with Crippen LogP contribution in [0, 0.1) is 0 Å². The molecule has 1 aromatic carbocycles. The first-order chi connectivity index (χ1) is 9.61. The number of ether oxygens (including phenoxy) is 1. The average molecular weight is 305 g/mol. The van der Waals surface area contributed by atoms with Gasteiger partial charge in [0.25, 0.3) is 5.91 Å². The number of alkyl halides is 3. The van der Waals surface area contributed by atoms with Crippen LogP contribution >= 0.6 is 0 Å². The van der Waals surface area contributed by atoms with E-state index in [9.17, 15) is 22.8 Å². The SMILES string of the molecule is COCc1cccc(C(=O)NC(C)(C(=O)O)C(F)(F)F)c1. The fourth-order valence-corrected chi connectivity index (χ4v) is 1.51. The number of nitrogens with one attached hydrogen (secondary N) is 1. The number of benzene rings is 1. The van der Waals surface area contributed by atoms with Crippen LogP contribution in [0.5, 0.6) is 0 Å². The summed E-state index contributed by atoms with van der Waals surface area (Å²) in [7, 11) is 1.43. The summed E-state index contributed by atoms with van der Waals surface area (Å²) in [6.07, 6.45) is -5.13. The van der Waals surface area contributed by atoms with Crippen molar-refractivity contribution >= 4 is 11.9 Å². The van der Waals surface area contributed by atoms with E-state index >= 15 is 0 Å². The number of aliphatic carboxylic acids is 1. The molecule has 1 aromatic rings. The summed E-state index contributed by atoms with van der Waals surface area (Å²) < 4.78 is 43.3. The molecule has 0 aliphatic rings. The predicted molar refractivity (Wildman–Crippen MR) is 66.7 cm³/mol. The Morgan fingerprint density at radius 3 is 2.43 bits per heavy atom. The maximum absolute atomic E-state index is 12.8. The minimum atomic E-state index is -5.13. The molecule has 1 amide bonds. The Bertz CT molecular complexity index is 544. The zero-order valence-corrected chi connectivity index (χ0v) is 11.3. The number of carboxylic acids is 1. The van der Waals surface area contributed by atoms with E-state index in [1.807, 2.05) is 0 Å². The highest BCUT2D eigenvalue weighted by Gasteiger charge is 2.58. The lowest BCUT2D eigenvalue weighted by molar-refractivity contribution is -0.203. The van der Waals surface area contributed by atoms with Gasteiger partial charge in [-0.2, -0.15) is 13.2 Å². The Kier molecular flexibility index (Phi) is 4.95. The molecule has 0 radical (unpaired) electrons. The van der Waals surface area contributed by atoms with Crippen molar-refractivity contribution in [1.82, 2.24) is 5.32 Å². The molecule has 0 saturated heterocycles. The third-order valence-corrected chi connectivity index (χ3v) is 2.86. The van der Waals surface area contributed by atoms with Gasteiger partial charge in [0.05, 0.1) is 6.61 Å². The molecule has 1 rings (SSSR count). The second kappa shape index (κ2) is 6.13. The van der Waals surface area contributed by atoms with E-state index in [1.165, 1.54) is 30.6 Å². The second-order valence-corrected chi connectivity index (χ2v) is 4.52. The van der Waals surface area contributed by atoms with Crippen molar-refractivity contribution in [3.8, 4) is 0 Å². The molecular weight excluding hydrogens is 291 g/mol. The minimum absolute atomic E-state index is 0.0822. The second-order valence-electron chi connectivity index (χ2n) is 4.52. The van der Waals surface area contributed by atoms with E-state index in [0.717, 1.165) is 0 Å². The number of halogens is 3. The smallest absolute Gasteiger partial charge is 0.422 e. The van der Waals surface area contributed by atoms with Crippen molar-refractivity contribution in [2.45, 2.75) is 25.2 Å². The normalized spacial score (nSPS) is 14.3. The Hall–Kier alpha value is -2.09. The molecule has 1 atom stereocenters. The van der Waals surface area contributed by atoms with Gasteiger partial charge in [-0.3, -0.25) is 4.79 Å². The summed E-state index contributed by atoms with van der Waals surface area (Å²) in [5, 5.41) is 10.3. The number of rotatable bonds is 5. The third-order valence-electron chi connectivity index (χ3n) is 2.86. The first kappa shape index (κ1) is 17.0. The molecule has 5 nitrogen and oxygen atoms in total. The van der Waals surface area contributed by atoms with Crippen molar-refractivity contribution < 1.29 is 32.6 Å². The maximum Gasteiger partial charge on any atom is 0.422 e. The fraction of sp³-hybridized carbons (Fsp3) is 0.385. The monoisotopic (exact) mass is 305 g/mol. The predicted octanol–water partition coefficient (Wildman–Crippen LogP) is 1.97. The highest BCUT2D eigenvalue weighted by Crippen LogP contribution is 2.30. The number of methoxy groups -OCH3 is 1. The first-order valence-electron chi connectivity index (χ1n) is 5.82. The van der Waals surface area contributed by atoms with Crippen molar-refractivity contribution in [2.75, 3.05) is 7.11 Å². The lowest BCUT2D eigenvalue weighted by atomic mass is 10.0. The molecule has 8 heteroatoms. The topological polar surface area (TPSA) is 75.6 Å². The van der Waals surface area contributed by atoms with E-state index in [-0.39, 0.29) is 12.2 Å². The molecule has 21 heavy (non-hydrogen) atoms. The van der Waals surface area contributed by atoms with Gasteiger partial charge in [-0.1, -0.05) is 12.1 Å². The number of hydrogen-bond acceptors (Lipinski definition) is 3. The zero-order valence-electron chi connectivity index (χ0n) is 11.3. The van der Waals surface area contributed by atoms with Gasteiger partial charge < -0.3 is 15.2 Å². The fourth-order valence-electron chi connectivity index (χ4n) is 1.51. The summed E-state index contributed by atoms with van der Waals surface area (Å²) in [5.74, 6) is -3.31. The van der Waals surface area contributed by atoms with Crippen LogP contribution in [0.15, 0.2) is 24.3 Å². The Morgan fingerprint density at radius 2 is 1.95 bits per heavy atom. The number of carbonyl (C=O) groups excluding carboxylic acids is 1. The van der Waals surface area contributed by atoms with Crippen LogP contribution in [0.1, 0.15) is 22.8 Å². The van der Waals surface area contributed by atoms with Gasteiger partial charge in [-0.15, -0.1) is 0 Å². The summed E-state index contributed by atoms with van der Waals surface area (Å²) in [5.41, 5.74) is -2.86. The van der Waals surface area contributed by atoms with Crippen LogP contribution in [0.2, 0.25) is 0 Å². The van der Waals surface area contributed by atoms with Crippen LogP contribution in [0.3, 0.4) is 0 Å². The molecule has 0 spiro atoms. The minimum Gasteiger partial charge on any atom is -0.479 e. The lowest BCUT2D eigenvalue weighted by Gasteiger charge is -2.28. The van der Waals surface area contributed by atoms with Crippen LogP contribution in [-0.2, 0) is 16.1 Å². The van der Waals surface area contributed by atoms with Gasteiger partial charge in [0.2, 0.25) is 5.54 Å². The summed E-state index contributed by atoms with van der Waals surface area (Å²) in [4.78, 5) is 22.7. The Labute approximate surface area is 118 Å². The van der Waals surface area contributed by atoms with E-state index in [1.54, 1.807) is 6.07 Å². The Balaban J connectivity index is 3.03. The first-order valence-corrected chi connectivity index (χ1v) is 5.82. The molecule has 0 aliphatic carbocycles. The molecule has 0 bridgehead atoms. The van der Waals surface area contributed by atoms with Crippen molar-refractivity contribution in [3.05, 3.63) is 35.4 Å². The van der Waals surface area contributed by atoms with E-state index in [2.05, 4.69) is 0 Å². The van der Waals surface area contributed by atoms with Crippen LogP contribution < -0.4 is 5.32 Å².